The molecule has 5 heteroatoms. The fraction of sp³-hybridized carbons (Fsp3) is 0.167. The van der Waals surface area contributed by atoms with Gasteiger partial charge in [0, 0.05) is 10.8 Å². The van der Waals surface area contributed by atoms with Crippen LogP contribution < -0.4 is 0 Å². The van der Waals surface area contributed by atoms with E-state index < -0.39 is 0 Å². The van der Waals surface area contributed by atoms with Crippen LogP contribution in [0.25, 0.3) is 0 Å². The molecule has 0 amide bonds. The maximum atomic E-state index is 9.88. The van der Waals surface area contributed by atoms with E-state index in [-0.39, 0.29) is 0 Å². The van der Waals surface area contributed by atoms with E-state index in [9.17, 15) is 4.91 Å². The molecule has 1 heterocycles. The highest BCUT2D eigenvalue weighted by atomic mass is 35.5. The average Bonchev–Trinajstić information content (AvgIpc) is 1.98. The molecule has 0 aliphatic heterocycles. The number of aryl methyl sites for hydroxylation is 1. The van der Waals surface area contributed by atoms with Crippen molar-refractivity contribution in [2.75, 3.05) is 0 Å². The van der Waals surface area contributed by atoms with Crippen molar-refractivity contribution in [3.63, 3.8) is 0 Å². The van der Waals surface area contributed by atoms with Gasteiger partial charge in [-0.15, -0.1) is 4.91 Å². The molecule has 0 radical (unpaired) electrons. The van der Waals surface area contributed by atoms with Crippen LogP contribution in [0.5, 0.6) is 0 Å². The number of pyridine rings is 1. The molecule has 0 atom stereocenters. The number of hydrogen-bond donors (Lipinski definition) is 0. The molecule has 1 aromatic heterocycles. The average molecular weight is 189 g/mol. The molecular weight excluding hydrogens is 184 g/mol. The lowest BCUT2D eigenvalue weighted by Gasteiger charge is -1.97. The standard InChI is InChI=1S/C6H5ClN2OS/c1-4-6(11-9-10)2-5(7)3-8-4/h2-3H,1H3. The quantitative estimate of drug-likeness (QED) is 0.530. The van der Waals surface area contributed by atoms with E-state index in [2.05, 4.69) is 9.57 Å². The highest BCUT2D eigenvalue weighted by molar-refractivity contribution is 7.98. The largest absolute Gasteiger partial charge is 0.259 e. The van der Waals surface area contributed by atoms with Gasteiger partial charge in [0.2, 0.25) is 0 Å². The van der Waals surface area contributed by atoms with Crippen LogP contribution in [0.15, 0.2) is 21.7 Å². The molecule has 0 saturated heterocycles. The van der Waals surface area contributed by atoms with Gasteiger partial charge in [0.1, 0.15) is 0 Å². The molecule has 0 N–H and O–H groups in total. The Morgan fingerprint density at radius 2 is 2.45 bits per heavy atom. The predicted molar refractivity (Wildman–Crippen MR) is 45.6 cm³/mol. The van der Waals surface area contributed by atoms with Crippen molar-refractivity contribution >= 4 is 23.5 Å². The molecule has 0 aliphatic carbocycles. The van der Waals surface area contributed by atoms with Crippen molar-refractivity contribution in [1.29, 1.82) is 0 Å². The Morgan fingerprint density at radius 3 is 3.09 bits per heavy atom. The summed E-state index contributed by atoms with van der Waals surface area (Å²) in [5.41, 5.74) is 0.763. The number of nitrogens with zero attached hydrogens (tertiary/aromatic N) is 2. The molecule has 3 nitrogen and oxygen atoms in total. The lowest BCUT2D eigenvalue weighted by molar-refractivity contribution is 1.11. The van der Waals surface area contributed by atoms with E-state index in [1.54, 1.807) is 13.0 Å². The summed E-state index contributed by atoms with van der Waals surface area (Å²) in [7, 11) is 0. The molecule has 0 unspecified atom stereocenters. The summed E-state index contributed by atoms with van der Waals surface area (Å²) in [5.74, 6) is 0. The third-order valence-corrected chi connectivity index (χ3v) is 2.03. The van der Waals surface area contributed by atoms with Crippen LogP contribution in [-0.2, 0) is 0 Å². The van der Waals surface area contributed by atoms with Crippen LogP contribution in [0.2, 0.25) is 5.02 Å². The van der Waals surface area contributed by atoms with Crippen LogP contribution in [0.4, 0.5) is 0 Å². The Hall–Kier alpha value is -0.610. The van der Waals surface area contributed by atoms with Crippen LogP contribution in [0.3, 0.4) is 0 Å². The molecular formula is C6H5ClN2OS. The minimum absolute atomic E-state index is 0.516. The third-order valence-electron chi connectivity index (χ3n) is 1.14. The number of halogens is 1. The van der Waals surface area contributed by atoms with Crippen LogP contribution in [0, 0.1) is 11.8 Å². The zero-order valence-corrected chi connectivity index (χ0v) is 7.32. The Morgan fingerprint density at radius 1 is 1.73 bits per heavy atom. The van der Waals surface area contributed by atoms with E-state index in [0.717, 1.165) is 17.6 Å². The van der Waals surface area contributed by atoms with Gasteiger partial charge in [-0.3, -0.25) is 4.98 Å². The summed E-state index contributed by atoms with van der Waals surface area (Å²) >= 11 is 6.47. The van der Waals surface area contributed by atoms with Gasteiger partial charge in [-0.1, -0.05) is 11.6 Å². The van der Waals surface area contributed by atoms with Crippen molar-refractivity contribution in [3.05, 3.63) is 27.9 Å². The topological polar surface area (TPSA) is 42.3 Å². The molecule has 0 fully saturated rings. The Labute approximate surface area is 73.3 Å². The van der Waals surface area contributed by atoms with Gasteiger partial charge in [0.15, 0.2) is 0 Å². The predicted octanol–water partition coefficient (Wildman–Crippen LogP) is 2.82. The van der Waals surface area contributed by atoms with Gasteiger partial charge >= 0.3 is 0 Å². The number of aromatic nitrogens is 1. The first kappa shape index (κ1) is 8.49. The summed E-state index contributed by atoms with van der Waals surface area (Å²) in [5, 5.41) is 0.516. The molecule has 1 rings (SSSR count). The SMILES string of the molecule is Cc1ncc(Cl)cc1SN=O. The maximum absolute atomic E-state index is 9.88. The molecule has 0 aliphatic rings. The summed E-state index contributed by atoms with van der Waals surface area (Å²) in [6.45, 7) is 1.80. The third kappa shape index (κ3) is 2.17. The number of nitroso groups, excluding NO2 is 1. The zero-order chi connectivity index (χ0) is 8.27. The second-order valence-corrected chi connectivity index (χ2v) is 3.11. The molecule has 0 saturated carbocycles. The second kappa shape index (κ2) is 3.69. The van der Waals surface area contributed by atoms with Gasteiger partial charge in [-0.05, 0) is 13.0 Å². The lowest BCUT2D eigenvalue weighted by Crippen LogP contribution is -1.82. The van der Waals surface area contributed by atoms with Crippen molar-refractivity contribution in [2.24, 2.45) is 4.58 Å². The molecule has 58 valence electrons. The number of rotatable bonds is 2. The fourth-order valence-corrected chi connectivity index (χ4v) is 1.29. The van der Waals surface area contributed by atoms with Gasteiger partial charge in [-0.2, -0.15) is 0 Å². The number of hydrogen-bond acceptors (Lipinski definition) is 4. The van der Waals surface area contributed by atoms with Crippen molar-refractivity contribution in [2.45, 2.75) is 11.8 Å². The lowest BCUT2D eigenvalue weighted by atomic mass is 10.4. The highest BCUT2D eigenvalue weighted by Crippen LogP contribution is 2.23. The van der Waals surface area contributed by atoms with E-state index in [1.165, 1.54) is 6.20 Å². The van der Waals surface area contributed by atoms with E-state index >= 15 is 0 Å². The first-order chi connectivity index (χ1) is 5.24. The summed E-state index contributed by atoms with van der Waals surface area (Å²) < 4.78 is 2.68. The van der Waals surface area contributed by atoms with E-state index in [4.69, 9.17) is 11.6 Å². The minimum atomic E-state index is 0.516. The smallest absolute Gasteiger partial charge is 0.0601 e. The normalized spacial score (nSPS) is 9.64. The van der Waals surface area contributed by atoms with Crippen molar-refractivity contribution in [1.82, 2.24) is 4.98 Å². The first-order valence-corrected chi connectivity index (χ1v) is 4.01. The van der Waals surface area contributed by atoms with Crippen LogP contribution in [0.1, 0.15) is 5.69 Å². The van der Waals surface area contributed by atoms with Crippen molar-refractivity contribution < 1.29 is 0 Å². The Kier molecular flexibility index (Phi) is 2.84. The monoisotopic (exact) mass is 188 g/mol. The molecule has 11 heavy (non-hydrogen) atoms. The van der Waals surface area contributed by atoms with Crippen molar-refractivity contribution in [3.8, 4) is 0 Å². The zero-order valence-electron chi connectivity index (χ0n) is 5.74. The Bertz CT molecular complexity index is 279. The first-order valence-electron chi connectivity index (χ1n) is 2.86. The fourth-order valence-electron chi connectivity index (χ4n) is 0.622. The van der Waals surface area contributed by atoms with E-state index in [1.807, 2.05) is 0 Å². The highest BCUT2D eigenvalue weighted by Gasteiger charge is 2.00. The van der Waals surface area contributed by atoms with Gasteiger partial charge in [0.25, 0.3) is 0 Å². The molecule has 0 aromatic carbocycles. The summed E-state index contributed by atoms with van der Waals surface area (Å²) in [6, 6.07) is 1.66. The second-order valence-electron chi connectivity index (χ2n) is 1.90. The summed E-state index contributed by atoms with van der Waals surface area (Å²) in [6.07, 6.45) is 1.53. The van der Waals surface area contributed by atoms with Crippen LogP contribution >= 0.6 is 23.5 Å². The maximum Gasteiger partial charge on any atom is 0.0601 e. The minimum Gasteiger partial charge on any atom is -0.259 e. The summed E-state index contributed by atoms with van der Waals surface area (Å²) in [4.78, 5) is 14.5. The molecule has 0 spiro atoms. The van der Waals surface area contributed by atoms with Gasteiger partial charge in [-0.25, -0.2) is 0 Å². The molecule has 0 bridgehead atoms. The van der Waals surface area contributed by atoms with Gasteiger partial charge < -0.3 is 0 Å². The van der Waals surface area contributed by atoms with Crippen LogP contribution in [-0.4, -0.2) is 4.98 Å². The van der Waals surface area contributed by atoms with E-state index in [0.29, 0.717) is 9.92 Å². The molecule has 1 aromatic rings. The Balaban J connectivity index is 3.01. The van der Waals surface area contributed by atoms with Gasteiger partial charge in [0.05, 0.1) is 27.6 Å².